The first kappa shape index (κ1) is 14.3. The van der Waals surface area contributed by atoms with Crippen molar-refractivity contribution in [3.8, 4) is 16.6 Å². The van der Waals surface area contributed by atoms with Gasteiger partial charge in [-0.2, -0.15) is 5.26 Å². The molecule has 0 atom stereocenters. The zero-order valence-electron chi connectivity index (χ0n) is 10.1. The Morgan fingerprint density at radius 2 is 2.40 bits per heavy atom. The van der Waals surface area contributed by atoms with Crippen molar-refractivity contribution in [2.75, 3.05) is 5.75 Å². The fraction of sp³-hybridized carbons (Fsp3) is 0.167. The molecule has 2 aromatic rings. The van der Waals surface area contributed by atoms with E-state index in [9.17, 15) is 9.59 Å². The second-order valence-electron chi connectivity index (χ2n) is 3.68. The number of aromatic nitrogens is 2. The molecule has 0 unspecified atom stereocenters. The molecule has 0 aliphatic carbocycles. The van der Waals surface area contributed by atoms with Gasteiger partial charge in [0.1, 0.15) is 17.3 Å². The molecule has 0 saturated carbocycles. The number of nitriles is 1. The molecule has 0 bridgehead atoms. The van der Waals surface area contributed by atoms with Crippen molar-refractivity contribution in [1.29, 1.82) is 5.26 Å². The summed E-state index contributed by atoms with van der Waals surface area (Å²) in [5, 5.41) is 19.8. The van der Waals surface area contributed by atoms with Gasteiger partial charge in [-0.1, -0.05) is 17.8 Å². The lowest BCUT2D eigenvalue weighted by Gasteiger charge is -2.03. The summed E-state index contributed by atoms with van der Waals surface area (Å²) in [5.74, 6) is -0.611. The number of thioether (sulfide) groups is 1. The molecule has 0 radical (unpaired) electrons. The van der Waals surface area contributed by atoms with Crippen LogP contribution in [0.1, 0.15) is 12.0 Å². The van der Waals surface area contributed by atoms with E-state index >= 15 is 0 Å². The van der Waals surface area contributed by atoms with Crippen LogP contribution in [0.15, 0.2) is 27.5 Å². The fourth-order valence-electron chi connectivity index (χ4n) is 1.45. The normalized spacial score (nSPS) is 10.2. The first-order valence-electron chi connectivity index (χ1n) is 5.54. The van der Waals surface area contributed by atoms with Crippen LogP contribution in [0.5, 0.6) is 0 Å². The van der Waals surface area contributed by atoms with Gasteiger partial charge in [0.2, 0.25) is 0 Å². The third-order valence-electron chi connectivity index (χ3n) is 2.32. The molecular weight excluding hydrogens is 298 g/mol. The largest absolute Gasteiger partial charge is 0.481 e. The molecule has 2 rings (SSSR count). The predicted molar refractivity (Wildman–Crippen MR) is 75.9 cm³/mol. The van der Waals surface area contributed by atoms with Crippen molar-refractivity contribution in [3.63, 3.8) is 0 Å². The summed E-state index contributed by atoms with van der Waals surface area (Å²) in [6.45, 7) is 0. The van der Waals surface area contributed by atoms with Crippen LogP contribution in [0.3, 0.4) is 0 Å². The van der Waals surface area contributed by atoms with Crippen molar-refractivity contribution in [3.05, 3.63) is 33.4 Å². The number of thiophene rings is 1. The van der Waals surface area contributed by atoms with Gasteiger partial charge in [0.05, 0.1) is 11.3 Å². The van der Waals surface area contributed by atoms with Crippen LogP contribution in [-0.4, -0.2) is 26.8 Å². The highest BCUT2D eigenvalue weighted by atomic mass is 32.2. The first-order valence-corrected chi connectivity index (χ1v) is 7.41. The van der Waals surface area contributed by atoms with Crippen molar-refractivity contribution in [2.45, 2.75) is 11.6 Å². The smallest absolute Gasteiger partial charge is 0.304 e. The van der Waals surface area contributed by atoms with Gasteiger partial charge in [0, 0.05) is 5.75 Å². The van der Waals surface area contributed by atoms with Crippen LogP contribution in [-0.2, 0) is 4.79 Å². The molecule has 102 valence electrons. The second kappa shape index (κ2) is 6.36. The van der Waals surface area contributed by atoms with Crippen molar-refractivity contribution in [1.82, 2.24) is 9.97 Å². The molecule has 0 fully saturated rings. The number of aliphatic carboxylic acids is 1. The molecule has 0 aromatic carbocycles. The number of rotatable bonds is 5. The van der Waals surface area contributed by atoms with Crippen LogP contribution in [0.4, 0.5) is 0 Å². The van der Waals surface area contributed by atoms with E-state index in [-0.39, 0.29) is 12.0 Å². The monoisotopic (exact) mass is 307 g/mol. The zero-order valence-corrected chi connectivity index (χ0v) is 11.8. The average Bonchev–Trinajstić information content (AvgIpc) is 2.91. The van der Waals surface area contributed by atoms with Gasteiger partial charge < -0.3 is 10.1 Å². The van der Waals surface area contributed by atoms with Gasteiger partial charge in [-0.25, -0.2) is 4.98 Å². The summed E-state index contributed by atoms with van der Waals surface area (Å²) in [5.41, 5.74) is -0.206. The quantitative estimate of drug-likeness (QED) is 0.645. The Morgan fingerprint density at radius 3 is 3.00 bits per heavy atom. The van der Waals surface area contributed by atoms with Crippen LogP contribution in [0, 0.1) is 11.3 Å². The summed E-state index contributed by atoms with van der Waals surface area (Å²) < 4.78 is 0. The molecule has 0 amide bonds. The van der Waals surface area contributed by atoms with Gasteiger partial charge in [-0.05, 0) is 11.4 Å². The van der Waals surface area contributed by atoms with E-state index in [4.69, 9.17) is 10.4 Å². The van der Waals surface area contributed by atoms with Crippen molar-refractivity contribution < 1.29 is 9.90 Å². The fourth-order valence-corrected chi connectivity index (χ4v) is 2.96. The number of carboxylic acids is 1. The Labute approximate surface area is 122 Å². The maximum atomic E-state index is 11.8. The first-order chi connectivity index (χ1) is 9.61. The minimum atomic E-state index is -0.910. The van der Waals surface area contributed by atoms with Crippen LogP contribution >= 0.6 is 23.1 Å². The van der Waals surface area contributed by atoms with Gasteiger partial charge in [0.25, 0.3) is 5.56 Å². The molecule has 20 heavy (non-hydrogen) atoms. The Hall–Kier alpha value is -2.11. The third kappa shape index (κ3) is 3.26. The molecular formula is C12H9N3O3S2. The lowest BCUT2D eigenvalue weighted by molar-refractivity contribution is -0.136. The lowest BCUT2D eigenvalue weighted by atomic mass is 10.2. The third-order valence-corrected chi connectivity index (χ3v) is 4.07. The Bertz CT molecular complexity index is 717. The Kier molecular flexibility index (Phi) is 4.55. The van der Waals surface area contributed by atoms with E-state index in [0.717, 1.165) is 16.6 Å². The standard InChI is InChI=1S/C12H9N3O3S2/c13-6-7-10(8-2-1-4-19-8)14-12(15-11(7)18)20-5-3-9(16)17/h1-2,4H,3,5H2,(H,16,17)(H,14,15,18). The average molecular weight is 307 g/mol. The molecule has 0 spiro atoms. The molecule has 0 aliphatic rings. The molecule has 6 nitrogen and oxygen atoms in total. The number of nitrogens with one attached hydrogen (secondary N) is 1. The number of nitrogens with zero attached hydrogens (tertiary/aromatic N) is 2. The minimum absolute atomic E-state index is 0.0251. The Morgan fingerprint density at radius 1 is 1.60 bits per heavy atom. The summed E-state index contributed by atoms with van der Waals surface area (Å²) in [6.07, 6.45) is -0.0251. The highest BCUT2D eigenvalue weighted by molar-refractivity contribution is 7.99. The summed E-state index contributed by atoms with van der Waals surface area (Å²) in [7, 11) is 0. The maximum absolute atomic E-state index is 11.8. The summed E-state index contributed by atoms with van der Waals surface area (Å²) >= 11 is 2.52. The van der Waals surface area contributed by atoms with Gasteiger partial charge in [-0.15, -0.1) is 11.3 Å². The molecule has 2 heterocycles. The van der Waals surface area contributed by atoms with E-state index in [0.29, 0.717) is 16.6 Å². The van der Waals surface area contributed by atoms with Gasteiger partial charge in [-0.3, -0.25) is 9.59 Å². The number of aromatic amines is 1. The molecule has 2 aromatic heterocycles. The highest BCUT2D eigenvalue weighted by Gasteiger charge is 2.14. The molecule has 8 heteroatoms. The van der Waals surface area contributed by atoms with E-state index in [1.54, 1.807) is 12.1 Å². The zero-order chi connectivity index (χ0) is 14.5. The minimum Gasteiger partial charge on any atom is -0.481 e. The van der Waals surface area contributed by atoms with Crippen LogP contribution in [0.2, 0.25) is 0 Å². The number of hydrogen-bond acceptors (Lipinski definition) is 6. The van der Waals surface area contributed by atoms with E-state index in [2.05, 4.69) is 9.97 Å². The predicted octanol–water partition coefficient (Wildman–Crippen LogP) is 1.94. The van der Waals surface area contributed by atoms with Gasteiger partial charge >= 0.3 is 5.97 Å². The summed E-state index contributed by atoms with van der Waals surface area (Å²) in [6, 6.07) is 5.43. The summed E-state index contributed by atoms with van der Waals surface area (Å²) in [4.78, 5) is 29.8. The topological polar surface area (TPSA) is 107 Å². The number of carbonyl (C=O) groups is 1. The number of H-pyrrole nitrogens is 1. The lowest BCUT2D eigenvalue weighted by Crippen LogP contribution is -2.14. The SMILES string of the molecule is N#Cc1c(-c2cccs2)nc(SCCC(=O)O)[nH]c1=O. The molecule has 2 N–H and O–H groups in total. The molecule has 0 saturated heterocycles. The van der Waals surface area contributed by atoms with Crippen molar-refractivity contribution >= 4 is 29.1 Å². The van der Waals surface area contributed by atoms with Crippen molar-refractivity contribution in [2.24, 2.45) is 0 Å². The Balaban J connectivity index is 2.35. The van der Waals surface area contributed by atoms with Crippen LogP contribution in [0.25, 0.3) is 10.6 Å². The van der Waals surface area contributed by atoms with E-state index in [1.807, 2.05) is 11.4 Å². The molecule has 0 aliphatic heterocycles. The van der Waals surface area contributed by atoms with E-state index in [1.165, 1.54) is 11.3 Å². The van der Waals surface area contributed by atoms with Gasteiger partial charge in [0.15, 0.2) is 5.16 Å². The van der Waals surface area contributed by atoms with Crippen LogP contribution < -0.4 is 5.56 Å². The number of carboxylic acid groups (broad SMARTS) is 1. The van der Waals surface area contributed by atoms with E-state index < -0.39 is 11.5 Å². The second-order valence-corrected chi connectivity index (χ2v) is 5.71. The number of hydrogen-bond donors (Lipinski definition) is 2. The maximum Gasteiger partial charge on any atom is 0.304 e. The highest BCUT2D eigenvalue weighted by Crippen LogP contribution is 2.26.